The fraction of sp³-hybridized carbons (Fsp3) is 0.556. The van der Waals surface area contributed by atoms with Gasteiger partial charge in [0.05, 0.1) is 0 Å². The normalized spacial score (nSPS) is 22.3. The molecule has 5 nitrogen and oxygen atoms in total. The summed E-state index contributed by atoms with van der Waals surface area (Å²) in [5.74, 6) is 0. The summed E-state index contributed by atoms with van der Waals surface area (Å²) >= 11 is 5.04. The predicted octanol–water partition coefficient (Wildman–Crippen LogP) is 3.91. The third kappa shape index (κ3) is 3.39. The summed E-state index contributed by atoms with van der Waals surface area (Å²) in [6.07, 6.45) is 1.19. The van der Waals surface area contributed by atoms with Crippen molar-refractivity contribution in [3.8, 4) is 0 Å². The lowest BCUT2D eigenvalue weighted by Crippen LogP contribution is -2.45. The SMILES string of the molecule is CC(C)(C)[S+]([O-])/N=C1/c2cccc(Cl)c2CC12CCN(C(=O)O)CC2. The minimum Gasteiger partial charge on any atom is -0.591 e. The molecule has 1 spiro atoms. The molecule has 0 bridgehead atoms. The van der Waals surface area contributed by atoms with Gasteiger partial charge in [0, 0.05) is 29.1 Å². The number of likely N-dealkylation sites (tertiary alicyclic amines) is 1. The molecule has 136 valence electrons. The number of piperidine rings is 1. The van der Waals surface area contributed by atoms with Crippen molar-refractivity contribution in [2.24, 2.45) is 9.81 Å². The first-order valence-electron chi connectivity index (χ1n) is 8.41. The zero-order chi connectivity index (χ0) is 18.4. The molecule has 1 aromatic carbocycles. The van der Waals surface area contributed by atoms with Crippen LogP contribution in [-0.4, -0.2) is 44.2 Å². The topological polar surface area (TPSA) is 76.0 Å². The van der Waals surface area contributed by atoms with Gasteiger partial charge in [-0.1, -0.05) is 28.1 Å². The summed E-state index contributed by atoms with van der Waals surface area (Å²) in [7, 11) is 0. The Hall–Kier alpha value is -1.24. The van der Waals surface area contributed by atoms with Gasteiger partial charge in [0.1, 0.15) is 21.8 Å². The van der Waals surface area contributed by atoms with Crippen molar-refractivity contribution in [2.75, 3.05) is 13.1 Å². The van der Waals surface area contributed by atoms with Crippen LogP contribution in [0.1, 0.15) is 44.7 Å². The molecule has 1 atom stereocenters. The van der Waals surface area contributed by atoms with Crippen LogP contribution in [0.2, 0.25) is 5.02 Å². The minimum atomic E-state index is -1.37. The highest BCUT2D eigenvalue weighted by molar-refractivity contribution is 7.91. The van der Waals surface area contributed by atoms with Crippen molar-refractivity contribution in [1.29, 1.82) is 0 Å². The molecule has 1 amide bonds. The quantitative estimate of drug-likeness (QED) is 0.748. The summed E-state index contributed by atoms with van der Waals surface area (Å²) in [6.45, 7) is 6.63. The molecule has 1 heterocycles. The largest absolute Gasteiger partial charge is 0.591 e. The van der Waals surface area contributed by atoms with Crippen molar-refractivity contribution in [1.82, 2.24) is 4.90 Å². The van der Waals surface area contributed by atoms with Gasteiger partial charge in [-0.3, -0.25) is 0 Å². The number of halogens is 1. The highest BCUT2D eigenvalue weighted by Crippen LogP contribution is 2.47. The molecule has 2 aliphatic rings. The van der Waals surface area contributed by atoms with Crippen LogP contribution in [0.4, 0.5) is 4.79 Å². The Morgan fingerprint density at radius 1 is 1.36 bits per heavy atom. The van der Waals surface area contributed by atoms with Crippen molar-refractivity contribution in [2.45, 2.75) is 44.8 Å². The maximum absolute atomic E-state index is 12.7. The third-order valence-corrected chi connectivity index (χ3v) is 6.83. The van der Waals surface area contributed by atoms with E-state index >= 15 is 0 Å². The molecule has 3 rings (SSSR count). The molecular formula is C18H23ClN2O3S. The predicted molar refractivity (Wildman–Crippen MR) is 101 cm³/mol. The second-order valence-electron chi connectivity index (χ2n) is 7.79. The van der Waals surface area contributed by atoms with E-state index in [1.165, 1.54) is 4.90 Å². The third-order valence-electron chi connectivity index (χ3n) is 5.08. The van der Waals surface area contributed by atoms with Crippen molar-refractivity contribution >= 4 is 34.8 Å². The number of carbonyl (C=O) groups is 1. The smallest absolute Gasteiger partial charge is 0.407 e. The van der Waals surface area contributed by atoms with E-state index in [-0.39, 0.29) is 5.41 Å². The Kier molecular flexibility index (Phi) is 4.81. The van der Waals surface area contributed by atoms with Gasteiger partial charge in [0.25, 0.3) is 0 Å². The lowest BCUT2D eigenvalue weighted by atomic mass is 9.74. The van der Waals surface area contributed by atoms with Crippen molar-refractivity contribution in [3.05, 3.63) is 34.3 Å². The van der Waals surface area contributed by atoms with Crippen LogP contribution in [0.3, 0.4) is 0 Å². The highest BCUT2D eigenvalue weighted by atomic mass is 35.5. The van der Waals surface area contributed by atoms with E-state index < -0.39 is 22.2 Å². The molecule has 0 saturated carbocycles. The fourth-order valence-corrected chi connectivity index (χ4v) is 4.55. The van der Waals surface area contributed by atoms with Gasteiger partial charge in [-0.25, -0.2) is 4.79 Å². The average molecular weight is 383 g/mol. The van der Waals surface area contributed by atoms with Crippen LogP contribution in [0, 0.1) is 5.41 Å². The molecule has 1 saturated heterocycles. The number of carboxylic acid groups (broad SMARTS) is 1. The summed E-state index contributed by atoms with van der Waals surface area (Å²) in [4.78, 5) is 12.7. The van der Waals surface area contributed by atoms with Crippen LogP contribution in [0.15, 0.2) is 22.6 Å². The second-order valence-corrected chi connectivity index (χ2v) is 10.1. The first-order valence-corrected chi connectivity index (χ1v) is 9.89. The maximum atomic E-state index is 12.7. The number of fused-ring (bicyclic) bond motifs is 1. The standard InChI is InChI=1S/C18H23ClN2O3S/c1-17(2,3)25(24)20-15-12-5-4-6-14(19)13(12)11-18(15)7-9-21(10-8-18)16(22)23/h4-6H,7-11H2,1-3H3,(H,22,23)/b20-15-. The van der Waals surface area contributed by atoms with E-state index in [9.17, 15) is 14.5 Å². The Morgan fingerprint density at radius 2 is 2.00 bits per heavy atom. The van der Waals surface area contributed by atoms with Gasteiger partial charge in [0.15, 0.2) is 0 Å². The molecule has 7 heteroatoms. The van der Waals surface area contributed by atoms with Gasteiger partial charge in [-0.05, 0) is 51.7 Å². The van der Waals surface area contributed by atoms with Gasteiger partial charge in [-0.15, -0.1) is 0 Å². The number of nitrogens with zero attached hydrogens (tertiary/aromatic N) is 2. The van der Waals surface area contributed by atoms with Crippen LogP contribution < -0.4 is 0 Å². The lowest BCUT2D eigenvalue weighted by Gasteiger charge is -2.38. The van der Waals surface area contributed by atoms with Crippen LogP contribution >= 0.6 is 11.6 Å². The summed E-state index contributed by atoms with van der Waals surface area (Å²) in [5, 5.41) is 9.93. The molecule has 1 aliphatic heterocycles. The second kappa shape index (κ2) is 6.49. The Labute approximate surface area is 156 Å². The number of hydrogen-bond acceptors (Lipinski definition) is 3. The van der Waals surface area contributed by atoms with E-state index in [4.69, 9.17) is 11.6 Å². The molecule has 1 unspecified atom stereocenters. The molecule has 25 heavy (non-hydrogen) atoms. The van der Waals surface area contributed by atoms with E-state index in [1.54, 1.807) is 0 Å². The van der Waals surface area contributed by atoms with Crippen LogP contribution in [-0.2, 0) is 17.8 Å². The Balaban J connectivity index is 2.02. The van der Waals surface area contributed by atoms with Crippen molar-refractivity contribution in [3.63, 3.8) is 0 Å². The van der Waals surface area contributed by atoms with Crippen LogP contribution in [0.5, 0.6) is 0 Å². The number of hydrogen-bond donors (Lipinski definition) is 1. The van der Waals surface area contributed by atoms with Crippen molar-refractivity contribution < 1.29 is 14.5 Å². The minimum absolute atomic E-state index is 0.278. The van der Waals surface area contributed by atoms with Gasteiger partial charge < -0.3 is 14.6 Å². The first kappa shape index (κ1) is 18.5. The molecular weight excluding hydrogens is 360 g/mol. The highest BCUT2D eigenvalue weighted by Gasteiger charge is 2.48. The number of amides is 1. The van der Waals surface area contributed by atoms with E-state index in [2.05, 4.69) is 4.40 Å². The lowest BCUT2D eigenvalue weighted by molar-refractivity contribution is 0.115. The molecule has 1 aliphatic carbocycles. The summed E-state index contributed by atoms with van der Waals surface area (Å²) in [6, 6.07) is 5.74. The molecule has 1 fully saturated rings. The Bertz CT molecular complexity index is 722. The van der Waals surface area contributed by atoms with Crippen LogP contribution in [0.25, 0.3) is 0 Å². The number of benzene rings is 1. The summed E-state index contributed by atoms with van der Waals surface area (Å²) in [5.41, 5.74) is 2.56. The zero-order valence-electron chi connectivity index (χ0n) is 14.7. The van der Waals surface area contributed by atoms with E-state index in [0.29, 0.717) is 31.0 Å². The maximum Gasteiger partial charge on any atom is 0.407 e. The van der Waals surface area contributed by atoms with Gasteiger partial charge >= 0.3 is 6.09 Å². The van der Waals surface area contributed by atoms with E-state index in [1.807, 2.05) is 39.0 Å². The molecule has 0 aromatic heterocycles. The number of rotatable bonds is 1. The van der Waals surface area contributed by atoms with Gasteiger partial charge in [-0.2, -0.15) is 0 Å². The molecule has 1 N–H and O–H groups in total. The Morgan fingerprint density at radius 3 is 2.56 bits per heavy atom. The first-order chi connectivity index (χ1) is 11.6. The molecule has 1 aromatic rings. The fourth-order valence-electron chi connectivity index (χ4n) is 3.57. The zero-order valence-corrected chi connectivity index (χ0v) is 16.3. The molecule has 0 radical (unpaired) electrons. The monoisotopic (exact) mass is 382 g/mol. The van der Waals surface area contributed by atoms with E-state index in [0.717, 1.165) is 23.3 Å². The average Bonchev–Trinajstić information content (AvgIpc) is 2.82. The summed E-state index contributed by atoms with van der Waals surface area (Å²) < 4.78 is 16.9. The van der Waals surface area contributed by atoms with Gasteiger partial charge in [0.2, 0.25) is 0 Å².